The third-order valence-corrected chi connectivity index (χ3v) is 3.43. The number of hydrogen-bond acceptors (Lipinski definition) is 6. The summed E-state index contributed by atoms with van der Waals surface area (Å²) in [6.45, 7) is 3.47. The molecule has 2 aromatic rings. The lowest BCUT2D eigenvalue weighted by Gasteiger charge is -2.11. The minimum absolute atomic E-state index is 0.0499. The van der Waals surface area contributed by atoms with E-state index in [1.54, 1.807) is 13.8 Å². The minimum Gasteiger partial charge on any atom is -0.393 e. The average Bonchev–Trinajstić information content (AvgIpc) is 2.39. The summed E-state index contributed by atoms with van der Waals surface area (Å²) < 4.78 is 0. The van der Waals surface area contributed by atoms with Crippen LogP contribution in [0.3, 0.4) is 0 Å². The van der Waals surface area contributed by atoms with Gasteiger partial charge < -0.3 is 11.5 Å². The van der Waals surface area contributed by atoms with Crippen molar-refractivity contribution in [2.75, 3.05) is 11.5 Å². The molecule has 8 heteroatoms. The Morgan fingerprint density at radius 1 is 0.773 bits per heavy atom. The number of anilines is 2. The summed E-state index contributed by atoms with van der Waals surface area (Å²) >= 11 is 0. The van der Waals surface area contributed by atoms with Gasteiger partial charge in [0, 0.05) is 12.1 Å². The first kappa shape index (κ1) is 15.2. The van der Waals surface area contributed by atoms with Gasteiger partial charge in [0.2, 0.25) is 0 Å². The molecule has 0 spiro atoms. The van der Waals surface area contributed by atoms with E-state index in [9.17, 15) is 20.2 Å². The molecule has 22 heavy (non-hydrogen) atoms. The van der Waals surface area contributed by atoms with Crippen molar-refractivity contribution < 1.29 is 9.85 Å². The van der Waals surface area contributed by atoms with Crippen LogP contribution in [-0.4, -0.2) is 9.85 Å². The smallest absolute Gasteiger partial charge is 0.292 e. The summed E-state index contributed by atoms with van der Waals surface area (Å²) in [7, 11) is 0. The molecule has 0 amide bonds. The number of nitrogen functional groups attached to an aromatic ring is 2. The Bertz CT molecular complexity index is 734. The first-order valence-electron chi connectivity index (χ1n) is 6.31. The van der Waals surface area contributed by atoms with Crippen LogP contribution in [0.5, 0.6) is 0 Å². The van der Waals surface area contributed by atoms with Crippen molar-refractivity contribution in [2.24, 2.45) is 0 Å². The SMILES string of the molecule is Cc1cc(N)c([N+](=O)[O-])cc1-c1cc([N+](=O)[O-])c(N)cc1C. The Kier molecular flexibility index (Phi) is 3.68. The third-order valence-electron chi connectivity index (χ3n) is 3.43. The van der Waals surface area contributed by atoms with Crippen LogP contribution >= 0.6 is 0 Å². The molecule has 0 atom stereocenters. The van der Waals surface area contributed by atoms with Gasteiger partial charge in [0.25, 0.3) is 11.4 Å². The van der Waals surface area contributed by atoms with Crippen molar-refractivity contribution >= 4 is 22.7 Å². The number of benzene rings is 2. The molecule has 0 saturated carbocycles. The van der Waals surface area contributed by atoms with Crippen LogP contribution in [0.15, 0.2) is 24.3 Å². The van der Waals surface area contributed by atoms with E-state index in [2.05, 4.69) is 0 Å². The zero-order valence-corrected chi connectivity index (χ0v) is 12.0. The van der Waals surface area contributed by atoms with Gasteiger partial charge in [-0.05, 0) is 48.2 Å². The molecule has 0 aromatic heterocycles. The van der Waals surface area contributed by atoms with Crippen LogP contribution in [0, 0.1) is 34.1 Å². The van der Waals surface area contributed by atoms with E-state index < -0.39 is 9.85 Å². The zero-order valence-electron chi connectivity index (χ0n) is 12.0. The van der Waals surface area contributed by atoms with E-state index in [-0.39, 0.29) is 22.7 Å². The van der Waals surface area contributed by atoms with Crippen molar-refractivity contribution in [1.29, 1.82) is 0 Å². The highest BCUT2D eigenvalue weighted by Gasteiger charge is 2.20. The number of nitro benzene ring substituents is 2. The molecule has 0 bridgehead atoms. The fourth-order valence-electron chi connectivity index (χ4n) is 2.33. The standard InChI is InChI=1S/C14H14N4O4/c1-7-3-11(15)13(17(19)20)5-9(7)10-6-14(18(21)22)12(16)4-8(10)2/h3-6H,15-16H2,1-2H3. The molecule has 0 aliphatic rings. The maximum Gasteiger partial charge on any atom is 0.292 e. The molecule has 114 valence electrons. The maximum atomic E-state index is 11.0. The van der Waals surface area contributed by atoms with Gasteiger partial charge in [-0.15, -0.1) is 0 Å². The summed E-state index contributed by atoms with van der Waals surface area (Å²) in [5, 5.41) is 22.1. The Morgan fingerprint density at radius 3 is 1.36 bits per heavy atom. The number of nitrogens with zero attached hydrogens (tertiary/aromatic N) is 2. The summed E-state index contributed by atoms with van der Waals surface area (Å²) in [6, 6.07) is 5.62. The van der Waals surface area contributed by atoms with Crippen LogP contribution in [0.1, 0.15) is 11.1 Å². The molecule has 0 saturated heterocycles. The molecule has 0 fully saturated rings. The highest BCUT2D eigenvalue weighted by Crippen LogP contribution is 2.37. The first-order valence-corrected chi connectivity index (χ1v) is 6.31. The van der Waals surface area contributed by atoms with Crippen molar-refractivity contribution in [3.05, 3.63) is 55.6 Å². The van der Waals surface area contributed by atoms with E-state index in [1.165, 1.54) is 24.3 Å². The molecule has 0 aliphatic heterocycles. The van der Waals surface area contributed by atoms with Crippen LogP contribution in [0.2, 0.25) is 0 Å². The van der Waals surface area contributed by atoms with Crippen molar-refractivity contribution in [3.8, 4) is 11.1 Å². The van der Waals surface area contributed by atoms with Gasteiger partial charge >= 0.3 is 0 Å². The fraction of sp³-hybridized carbons (Fsp3) is 0.143. The molecule has 0 heterocycles. The molecular formula is C14H14N4O4. The van der Waals surface area contributed by atoms with Gasteiger partial charge in [-0.25, -0.2) is 0 Å². The van der Waals surface area contributed by atoms with Gasteiger partial charge in [0.05, 0.1) is 9.85 Å². The zero-order chi connectivity index (χ0) is 16.6. The summed E-state index contributed by atoms with van der Waals surface area (Å²) in [6.07, 6.45) is 0. The highest BCUT2D eigenvalue weighted by atomic mass is 16.6. The molecule has 2 rings (SSSR count). The van der Waals surface area contributed by atoms with E-state index in [1.807, 2.05) is 0 Å². The summed E-state index contributed by atoms with van der Waals surface area (Å²) in [5.41, 5.74) is 13.3. The van der Waals surface area contributed by atoms with Crippen LogP contribution < -0.4 is 11.5 Å². The summed E-state index contributed by atoms with van der Waals surface area (Å²) in [4.78, 5) is 20.9. The predicted octanol–water partition coefficient (Wildman–Crippen LogP) is 2.95. The molecule has 2 aromatic carbocycles. The Hall–Kier alpha value is -3.16. The lowest BCUT2D eigenvalue weighted by atomic mass is 9.94. The van der Waals surface area contributed by atoms with Crippen LogP contribution in [0.25, 0.3) is 11.1 Å². The minimum atomic E-state index is -0.584. The monoisotopic (exact) mass is 302 g/mol. The van der Waals surface area contributed by atoms with Gasteiger partial charge in [-0.2, -0.15) is 0 Å². The van der Waals surface area contributed by atoms with E-state index >= 15 is 0 Å². The lowest BCUT2D eigenvalue weighted by molar-refractivity contribution is -0.384. The number of nitrogens with two attached hydrogens (primary N) is 2. The van der Waals surface area contributed by atoms with Gasteiger partial charge in [0.15, 0.2) is 0 Å². The third kappa shape index (κ3) is 2.53. The van der Waals surface area contributed by atoms with E-state index in [0.29, 0.717) is 22.3 Å². The second kappa shape index (κ2) is 5.32. The number of nitro groups is 2. The van der Waals surface area contributed by atoms with Crippen LogP contribution in [-0.2, 0) is 0 Å². The molecule has 8 nitrogen and oxygen atoms in total. The van der Waals surface area contributed by atoms with Crippen molar-refractivity contribution in [1.82, 2.24) is 0 Å². The second-order valence-electron chi connectivity index (χ2n) is 4.97. The molecule has 0 unspecified atom stereocenters. The number of aryl methyl sites for hydroxylation is 2. The molecular weight excluding hydrogens is 288 g/mol. The number of hydrogen-bond donors (Lipinski definition) is 2. The second-order valence-corrected chi connectivity index (χ2v) is 4.97. The largest absolute Gasteiger partial charge is 0.393 e. The fourth-order valence-corrected chi connectivity index (χ4v) is 2.33. The normalized spacial score (nSPS) is 10.5. The van der Waals surface area contributed by atoms with Gasteiger partial charge in [-0.1, -0.05) is 0 Å². The summed E-state index contributed by atoms with van der Waals surface area (Å²) in [5.74, 6) is 0. The van der Waals surface area contributed by atoms with Crippen molar-refractivity contribution in [3.63, 3.8) is 0 Å². The van der Waals surface area contributed by atoms with Crippen molar-refractivity contribution in [2.45, 2.75) is 13.8 Å². The maximum absolute atomic E-state index is 11.0. The highest BCUT2D eigenvalue weighted by molar-refractivity contribution is 5.81. The molecule has 4 N–H and O–H groups in total. The Labute approximate surface area is 125 Å². The van der Waals surface area contributed by atoms with E-state index in [4.69, 9.17) is 11.5 Å². The quantitative estimate of drug-likeness (QED) is 0.507. The molecule has 0 aliphatic carbocycles. The van der Waals surface area contributed by atoms with E-state index in [0.717, 1.165) is 0 Å². The van der Waals surface area contributed by atoms with Crippen LogP contribution in [0.4, 0.5) is 22.7 Å². The lowest BCUT2D eigenvalue weighted by Crippen LogP contribution is -2.00. The molecule has 0 radical (unpaired) electrons. The first-order chi connectivity index (χ1) is 10.2. The topological polar surface area (TPSA) is 138 Å². The van der Waals surface area contributed by atoms with Gasteiger partial charge in [-0.3, -0.25) is 20.2 Å². The van der Waals surface area contributed by atoms with Gasteiger partial charge in [0.1, 0.15) is 11.4 Å². The Balaban J connectivity index is 2.76. The predicted molar refractivity (Wildman–Crippen MR) is 83.5 cm³/mol. The number of rotatable bonds is 3. The Morgan fingerprint density at radius 2 is 1.09 bits per heavy atom. The average molecular weight is 302 g/mol.